The molecule has 0 aliphatic carbocycles. The maximum atomic E-state index is 14.6. The molecule has 11 nitrogen and oxygen atoms in total. The van der Waals surface area contributed by atoms with Crippen LogP contribution < -0.4 is 10.3 Å². The third-order valence-corrected chi connectivity index (χ3v) is 9.00. The first kappa shape index (κ1) is 32.4. The van der Waals surface area contributed by atoms with Gasteiger partial charge in [-0.3, -0.25) is 9.32 Å². The molecule has 1 unspecified atom stereocenters. The lowest BCUT2D eigenvalue weighted by molar-refractivity contribution is -0.159. The predicted octanol–water partition coefficient (Wildman–Crippen LogP) is 6.27. The molecule has 0 spiro atoms. The van der Waals surface area contributed by atoms with E-state index >= 15 is 0 Å². The van der Waals surface area contributed by atoms with E-state index in [-0.39, 0.29) is 13.2 Å². The van der Waals surface area contributed by atoms with E-state index in [1.54, 1.807) is 46.8 Å². The maximum Gasteiger partial charge on any atom is 0.462 e. The molecule has 0 saturated carbocycles. The van der Waals surface area contributed by atoms with Gasteiger partial charge in [-0.2, -0.15) is 4.67 Å². The number of fused-ring (bicyclic) bond motifs is 3. The van der Waals surface area contributed by atoms with Crippen LogP contribution in [0.15, 0.2) is 48.5 Å². The van der Waals surface area contributed by atoms with E-state index in [0.29, 0.717) is 29.5 Å². The predicted molar refractivity (Wildman–Crippen MR) is 168 cm³/mol. The van der Waals surface area contributed by atoms with Crippen molar-refractivity contribution in [3.63, 3.8) is 0 Å². The van der Waals surface area contributed by atoms with Crippen molar-refractivity contribution in [1.82, 2.24) is 19.2 Å². The number of anilines is 1. The highest BCUT2D eigenvalue weighted by Crippen LogP contribution is 2.53. The van der Waals surface area contributed by atoms with Crippen molar-refractivity contribution in [2.75, 3.05) is 19.4 Å². The summed E-state index contributed by atoms with van der Waals surface area (Å²) in [5.41, 5.74) is 8.68. The molecule has 4 aromatic rings. The van der Waals surface area contributed by atoms with Gasteiger partial charge in [0.05, 0.1) is 23.7 Å². The lowest BCUT2D eigenvalue weighted by Crippen LogP contribution is -2.40. The van der Waals surface area contributed by atoms with E-state index < -0.39 is 31.5 Å². The van der Waals surface area contributed by atoms with E-state index in [2.05, 4.69) is 4.98 Å². The van der Waals surface area contributed by atoms with E-state index in [1.165, 1.54) is 11.7 Å². The molecule has 0 saturated heterocycles. The summed E-state index contributed by atoms with van der Waals surface area (Å²) in [6.07, 6.45) is -0.671. The molecule has 2 N–H and O–H groups in total. The Morgan fingerprint density at radius 3 is 2.42 bits per heavy atom. The molecule has 2 heterocycles. The number of para-hydroxylation sites is 1. The van der Waals surface area contributed by atoms with Gasteiger partial charge >= 0.3 is 13.7 Å². The van der Waals surface area contributed by atoms with Crippen molar-refractivity contribution < 1.29 is 27.9 Å². The van der Waals surface area contributed by atoms with Crippen LogP contribution in [0.3, 0.4) is 0 Å². The van der Waals surface area contributed by atoms with Crippen molar-refractivity contribution in [3.05, 3.63) is 59.9 Å². The van der Waals surface area contributed by atoms with Crippen molar-refractivity contribution in [2.45, 2.75) is 79.4 Å². The standard InChI is InChI=1S/C31H42N5O6P/c1-9-39-19-26-34-27-28(24-12-10-11-13-25(24)33-29(27)32)36(26)18-21(3)41-43(38,42-23-16-14-20(2)15-17-23)35(8)22(4)30(37)40-31(5,6)7/h10-17,21-22H,9,18-19H2,1-8H3,(H2,32,33)/t21-,22+,43?/m1/s1. The number of carbonyl (C=O) groups excluding carboxylic acids is 1. The Morgan fingerprint density at radius 1 is 1.09 bits per heavy atom. The summed E-state index contributed by atoms with van der Waals surface area (Å²) in [6.45, 7) is 13.6. The summed E-state index contributed by atoms with van der Waals surface area (Å²) in [5.74, 6) is 0.729. The average Bonchev–Trinajstić information content (AvgIpc) is 3.30. The molecule has 0 bridgehead atoms. The number of aromatic nitrogens is 3. The highest BCUT2D eigenvalue weighted by atomic mass is 31.2. The monoisotopic (exact) mass is 611 g/mol. The number of nitrogen functional groups attached to an aromatic ring is 1. The van der Waals surface area contributed by atoms with Gasteiger partial charge in [0, 0.05) is 12.0 Å². The van der Waals surface area contributed by atoms with Crippen LogP contribution in [0.1, 0.15) is 52.9 Å². The van der Waals surface area contributed by atoms with Gasteiger partial charge < -0.3 is 24.3 Å². The van der Waals surface area contributed by atoms with Crippen LogP contribution in [0.5, 0.6) is 5.75 Å². The Hall–Kier alpha value is -3.50. The van der Waals surface area contributed by atoms with Crippen molar-refractivity contribution in [3.8, 4) is 5.75 Å². The largest absolute Gasteiger partial charge is 0.462 e. The fourth-order valence-electron chi connectivity index (χ4n) is 4.57. The Morgan fingerprint density at radius 2 is 1.77 bits per heavy atom. The summed E-state index contributed by atoms with van der Waals surface area (Å²) in [7, 11) is -2.59. The number of benzene rings is 2. The summed E-state index contributed by atoms with van der Waals surface area (Å²) in [6, 6.07) is 13.9. The van der Waals surface area contributed by atoms with E-state index in [9.17, 15) is 9.36 Å². The number of nitrogens with zero attached hydrogens (tertiary/aromatic N) is 4. The number of esters is 1. The number of ether oxygens (including phenoxy) is 2. The zero-order chi connectivity index (χ0) is 31.5. The average molecular weight is 612 g/mol. The van der Waals surface area contributed by atoms with Crippen molar-refractivity contribution in [2.24, 2.45) is 0 Å². The first-order valence-corrected chi connectivity index (χ1v) is 15.8. The van der Waals surface area contributed by atoms with E-state index in [1.807, 2.05) is 54.8 Å². The number of rotatable bonds is 12. The highest BCUT2D eigenvalue weighted by Gasteiger charge is 2.41. The van der Waals surface area contributed by atoms with Crippen LogP contribution in [0.25, 0.3) is 21.9 Å². The third kappa shape index (κ3) is 7.54. The Kier molecular flexibility index (Phi) is 9.81. The molecule has 0 amide bonds. The zero-order valence-corrected chi connectivity index (χ0v) is 27.1. The third-order valence-electron chi connectivity index (χ3n) is 6.81. The number of nitrogens with two attached hydrogens (primary N) is 1. The van der Waals surface area contributed by atoms with Crippen molar-refractivity contribution >= 4 is 41.5 Å². The molecule has 2 aromatic heterocycles. The topological polar surface area (TPSA) is 131 Å². The van der Waals surface area contributed by atoms with Gasteiger partial charge in [-0.05, 0) is 73.7 Å². The summed E-state index contributed by atoms with van der Waals surface area (Å²) in [5, 5.41) is 0.865. The van der Waals surface area contributed by atoms with Crippen LogP contribution in [0, 0.1) is 6.92 Å². The number of pyridine rings is 1. The second-order valence-corrected chi connectivity index (χ2v) is 13.5. The van der Waals surface area contributed by atoms with Gasteiger partial charge in [0.15, 0.2) is 5.82 Å². The van der Waals surface area contributed by atoms with E-state index in [0.717, 1.165) is 22.0 Å². The highest BCUT2D eigenvalue weighted by molar-refractivity contribution is 7.51. The lowest BCUT2D eigenvalue weighted by Gasteiger charge is -2.33. The minimum atomic E-state index is -4.12. The molecule has 3 atom stereocenters. The number of hydrogen-bond donors (Lipinski definition) is 1. The molecule has 0 fully saturated rings. The number of carbonyl (C=O) groups is 1. The van der Waals surface area contributed by atoms with Gasteiger partial charge in [-0.1, -0.05) is 35.9 Å². The SMILES string of the molecule is CCOCc1nc2c(N)nc3ccccc3c2n1C[C@@H](C)OP(=O)(Oc1ccc(C)cc1)N(C)[C@@H](C)C(=O)OC(C)(C)C. The van der Waals surface area contributed by atoms with Gasteiger partial charge in [0.25, 0.3) is 0 Å². The Labute approximate surface area is 252 Å². The van der Waals surface area contributed by atoms with Crippen LogP contribution >= 0.6 is 7.75 Å². The van der Waals surface area contributed by atoms with Crippen molar-refractivity contribution in [1.29, 1.82) is 0 Å². The van der Waals surface area contributed by atoms with Crippen LogP contribution in [-0.4, -0.2) is 56.6 Å². The van der Waals surface area contributed by atoms with Gasteiger partial charge in [0.1, 0.15) is 35.3 Å². The molecule has 0 aliphatic rings. The minimum Gasteiger partial charge on any atom is -0.459 e. The quantitative estimate of drug-likeness (QED) is 0.145. The minimum absolute atomic E-state index is 0.235. The molecule has 0 aliphatic heterocycles. The fraction of sp³-hybridized carbons (Fsp3) is 0.452. The molecule has 43 heavy (non-hydrogen) atoms. The second kappa shape index (κ2) is 13.0. The Balaban J connectivity index is 1.72. The first-order chi connectivity index (χ1) is 20.2. The number of likely N-dealkylation sites (N-methyl/N-ethyl adjacent to an activating group) is 1. The van der Waals surface area contributed by atoms with E-state index in [4.69, 9.17) is 29.2 Å². The smallest absolute Gasteiger partial charge is 0.459 e. The number of aryl methyl sites for hydroxylation is 1. The molecule has 2 aromatic carbocycles. The Bertz CT molecular complexity index is 1630. The zero-order valence-electron chi connectivity index (χ0n) is 26.2. The van der Waals surface area contributed by atoms with Crippen LogP contribution in [0.2, 0.25) is 0 Å². The molecule has 232 valence electrons. The molecular formula is C31H42N5O6P. The van der Waals surface area contributed by atoms with Crippen LogP contribution in [-0.2, 0) is 36.5 Å². The molecular weight excluding hydrogens is 569 g/mol. The lowest BCUT2D eigenvalue weighted by atomic mass is 10.2. The summed E-state index contributed by atoms with van der Waals surface area (Å²) < 4.78 is 41.5. The first-order valence-electron chi connectivity index (χ1n) is 14.3. The molecule has 0 radical (unpaired) electrons. The summed E-state index contributed by atoms with van der Waals surface area (Å²) in [4.78, 5) is 22.3. The molecule has 12 heteroatoms. The van der Waals surface area contributed by atoms with Gasteiger partial charge in [0.2, 0.25) is 0 Å². The summed E-state index contributed by atoms with van der Waals surface area (Å²) >= 11 is 0. The maximum absolute atomic E-state index is 14.6. The number of hydrogen-bond acceptors (Lipinski definition) is 9. The second-order valence-electron chi connectivity index (χ2n) is 11.6. The molecule has 4 rings (SSSR count). The normalized spacial score (nSPS) is 15.0. The fourth-order valence-corrected chi connectivity index (χ4v) is 6.32. The van der Waals surface area contributed by atoms with Gasteiger partial charge in [-0.25, -0.2) is 14.5 Å². The number of imidazole rings is 1. The van der Waals surface area contributed by atoms with Gasteiger partial charge in [-0.15, -0.1) is 0 Å². The van der Waals surface area contributed by atoms with Crippen LogP contribution in [0.4, 0.5) is 5.82 Å².